The summed E-state index contributed by atoms with van der Waals surface area (Å²) in [6.45, 7) is -0.393. The zero-order valence-electron chi connectivity index (χ0n) is 14.4. The van der Waals surface area contributed by atoms with Crippen LogP contribution in [0.1, 0.15) is 31.2 Å². The second-order valence-electron chi connectivity index (χ2n) is 6.01. The third-order valence-corrected chi connectivity index (χ3v) is 5.01. The summed E-state index contributed by atoms with van der Waals surface area (Å²) in [6.07, 6.45) is 10.2. The molecule has 1 aromatic heterocycles. The molecule has 25 heavy (non-hydrogen) atoms. The molecule has 0 aliphatic heterocycles. The Morgan fingerprint density at radius 1 is 1.56 bits per heavy atom. The quantitative estimate of drug-likeness (QED) is 0.388. The first-order valence-corrected chi connectivity index (χ1v) is 8.82. The van der Waals surface area contributed by atoms with E-state index in [4.69, 9.17) is 22.2 Å². The molecule has 136 valence electrons. The fourth-order valence-electron chi connectivity index (χ4n) is 3.20. The summed E-state index contributed by atoms with van der Waals surface area (Å²) in [6, 6.07) is 3.98. The number of aromatic nitrogens is 1. The first-order valence-electron chi connectivity index (χ1n) is 8.41. The molecule has 1 aliphatic carbocycles. The van der Waals surface area contributed by atoms with Crippen molar-refractivity contribution in [1.29, 1.82) is 0 Å². The number of hydrogen-bond acceptors (Lipinski definition) is 6. The highest BCUT2D eigenvalue weighted by Crippen LogP contribution is 2.44. The number of thiocarbonyl (C=S) groups is 1. The van der Waals surface area contributed by atoms with Gasteiger partial charge in [0.1, 0.15) is 12.7 Å². The standard InChI is InChI=1S/C18H25N3O3S/c1-19-17(25)18(15-6-4-9-20-11-15)8-3-2-5-14(18)7-10-21-24-13-16(23)12-22/h4,6-7,9-11,16,22-23H,2-3,5,8,12-13H2,1H3,(H,19,25)/b14-7+,21-10+. The van der Waals surface area contributed by atoms with Gasteiger partial charge in [-0.2, -0.15) is 0 Å². The van der Waals surface area contributed by atoms with E-state index in [0.717, 1.165) is 36.2 Å². The molecule has 2 atom stereocenters. The van der Waals surface area contributed by atoms with Gasteiger partial charge < -0.3 is 20.4 Å². The van der Waals surface area contributed by atoms with Crippen molar-refractivity contribution < 1.29 is 15.1 Å². The Labute approximate surface area is 153 Å². The molecule has 1 aromatic rings. The molecule has 0 amide bonds. The Kier molecular flexibility index (Phi) is 7.49. The highest BCUT2D eigenvalue weighted by Gasteiger charge is 2.41. The summed E-state index contributed by atoms with van der Waals surface area (Å²) in [5, 5.41) is 25.0. The number of pyridine rings is 1. The van der Waals surface area contributed by atoms with Gasteiger partial charge in [-0.05, 0) is 37.0 Å². The molecule has 0 bridgehead atoms. The van der Waals surface area contributed by atoms with E-state index in [2.05, 4.69) is 21.5 Å². The molecule has 0 aromatic carbocycles. The van der Waals surface area contributed by atoms with Crippen molar-refractivity contribution in [1.82, 2.24) is 10.3 Å². The number of nitrogens with zero attached hydrogens (tertiary/aromatic N) is 2. The van der Waals surface area contributed by atoms with E-state index in [1.54, 1.807) is 12.4 Å². The third-order valence-electron chi connectivity index (χ3n) is 4.45. The highest BCUT2D eigenvalue weighted by molar-refractivity contribution is 7.80. The summed E-state index contributed by atoms with van der Waals surface area (Å²) in [5.74, 6) is 0. The lowest BCUT2D eigenvalue weighted by atomic mass is 9.66. The number of aliphatic hydroxyl groups excluding tert-OH is 2. The average molecular weight is 363 g/mol. The number of hydrogen-bond donors (Lipinski definition) is 3. The predicted molar refractivity (Wildman–Crippen MR) is 102 cm³/mol. The molecule has 1 saturated carbocycles. The number of aliphatic hydroxyl groups is 2. The number of allylic oxidation sites excluding steroid dienone is 1. The van der Waals surface area contributed by atoms with Crippen LogP contribution in [0.4, 0.5) is 0 Å². The summed E-state index contributed by atoms with van der Waals surface area (Å²) in [5.41, 5.74) is 1.86. The normalized spacial score (nSPS) is 23.6. The van der Waals surface area contributed by atoms with Crippen LogP contribution in [0.2, 0.25) is 0 Å². The molecule has 0 radical (unpaired) electrons. The van der Waals surface area contributed by atoms with Crippen molar-refractivity contribution in [3.05, 3.63) is 41.7 Å². The van der Waals surface area contributed by atoms with Crippen LogP contribution in [-0.2, 0) is 10.3 Å². The average Bonchev–Trinajstić information content (AvgIpc) is 2.67. The molecule has 1 fully saturated rings. The van der Waals surface area contributed by atoms with Gasteiger partial charge in [0.15, 0.2) is 0 Å². The van der Waals surface area contributed by atoms with Crippen LogP contribution < -0.4 is 5.32 Å². The van der Waals surface area contributed by atoms with E-state index in [1.165, 1.54) is 5.57 Å². The lowest BCUT2D eigenvalue weighted by Gasteiger charge is -2.40. The van der Waals surface area contributed by atoms with Crippen molar-refractivity contribution in [2.75, 3.05) is 20.3 Å². The number of nitrogens with one attached hydrogen (secondary N) is 1. The van der Waals surface area contributed by atoms with Crippen molar-refractivity contribution in [2.24, 2.45) is 5.16 Å². The van der Waals surface area contributed by atoms with Gasteiger partial charge in [0, 0.05) is 19.4 Å². The minimum absolute atomic E-state index is 0.0428. The lowest BCUT2D eigenvalue weighted by Crippen LogP contribution is -2.45. The Balaban J connectivity index is 2.27. The highest BCUT2D eigenvalue weighted by atomic mass is 32.1. The minimum Gasteiger partial charge on any atom is -0.394 e. The molecule has 1 heterocycles. The van der Waals surface area contributed by atoms with Crippen LogP contribution in [0.15, 0.2) is 41.3 Å². The second-order valence-corrected chi connectivity index (χ2v) is 6.42. The van der Waals surface area contributed by atoms with Crippen molar-refractivity contribution >= 4 is 23.4 Å². The lowest BCUT2D eigenvalue weighted by molar-refractivity contribution is 0.00886. The van der Waals surface area contributed by atoms with Crippen molar-refractivity contribution in [3.63, 3.8) is 0 Å². The van der Waals surface area contributed by atoms with Gasteiger partial charge in [-0.1, -0.05) is 35.4 Å². The van der Waals surface area contributed by atoms with Crippen molar-refractivity contribution in [2.45, 2.75) is 37.2 Å². The molecule has 2 rings (SSSR count). The molecule has 0 spiro atoms. The molecule has 0 saturated heterocycles. The molecule has 2 unspecified atom stereocenters. The van der Waals surface area contributed by atoms with Gasteiger partial charge in [-0.15, -0.1) is 0 Å². The van der Waals surface area contributed by atoms with Gasteiger partial charge in [0.05, 0.1) is 23.2 Å². The maximum absolute atomic E-state index is 9.25. The molecule has 7 heteroatoms. The van der Waals surface area contributed by atoms with Gasteiger partial charge in [-0.25, -0.2) is 0 Å². The first-order chi connectivity index (χ1) is 12.1. The number of likely N-dealkylation sites (N-methyl/N-ethyl adjacent to an activating group) is 1. The van der Waals surface area contributed by atoms with E-state index in [0.29, 0.717) is 0 Å². The topological polar surface area (TPSA) is 87.0 Å². The smallest absolute Gasteiger partial charge is 0.145 e. The first kappa shape index (κ1) is 19.5. The minimum atomic E-state index is -0.925. The van der Waals surface area contributed by atoms with Gasteiger partial charge in [0.25, 0.3) is 0 Å². The van der Waals surface area contributed by atoms with Crippen LogP contribution in [0.25, 0.3) is 0 Å². The summed E-state index contributed by atoms with van der Waals surface area (Å²) in [4.78, 5) is 10.0. The van der Waals surface area contributed by atoms with Crippen LogP contribution in [0, 0.1) is 0 Å². The summed E-state index contributed by atoms with van der Waals surface area (Å²) in [7, 11) is 1.85. The van der Waals surface area contributed by atoms with Gasteiger partial charge in [-0.3, -0.25) is 4.98 Å². The summed E-state index contributed by atoms with van der Waals surface area (Å²) < 4.78 is 0. The third kappa shape index (κ3) is 4.62. The molecular weight excluding hydrogens is 338 g/mol. The Bertz CT molecular complexity index is 621. The zero-order chi connectivity index (χ0) is 18.1. The van der Waals surface area contributed by atoms with E-state index >= 15 is 0 Å². The zero-order valence-corrected chi connectivity index (χ0v) is 15.2. The van der Waals surface area contributed by atoms with E-state index in [9.17, 15) is 5.11 Å². The molecule has 6 nitrogen and oxygen atoms in total. The van der Waals surface area contributed by atoms with E-state index < -0.39 is 6.10 Å². The van der Waals surface area contributed by atoms with E-state index in [1.807, 2.05) is 25.4 Å². The molecular formula is C18H25N3O3S. The second kappa shape index (κ2) is 9.60. The van der Waals surface area contributed by atoms with E-state index in [-0.39, 0.29) is 18.6 Å². The van der Waals surface area contributed by atoms with Gasteiger partial charge >= 0.3 is 0 Å². The maximum atomic E-state index is 9.25. The Morgan fingerprint density at radius 3 is 3.08 bits per heavy atom. The van der Waals surface area contributed by atoms with Crippen LogP contribution >= 0.6 is 12.2 Å². The Morgan fingerprint density at radius 2 is 2.40 bits per heavy atom. The van der Waals surface area contributed by atoms with Crippen LogP contribution in [0.3, 0.4) is 0 Å². The fourth-order valence-corrected chi connectivity index (χ4v) is 3.55. The van der Waals surface area contributed by atoms with Crippen molar-refractivity contribution in [3.8, 4) is 0 Å². The van der Waals surface area contributed by atoms with Crippen LogP contribution in [0.5, 0.6) is 0 Å². The molecule has 1 aliphatic rings. The fraction of sp³-hybridized carbons (Fsp3) is 0.500. The summed E-state index contributed by atoms with van der Waals surface area (Å²) >= 11 is 5.68. The molecule has 3 N–H and O–H groups in total. The number of oxime groups is 1. The van der Waals surface area contributed by atoms with Gasteiger partial charge in [0.2, 0.25) is 0 Å². The monoisotopic (exact) mass is 363 g/mol. The predicted octanol–water partition coefficient (Wildman–Crippen LogP) is 1.72. The SMILES string of the molecule is CNC(=S)C1(c2cccnc2)CCCC/C1=C\C=N\OCC(O)CO. The van der Waals surface area contributed by atoms with Crippen LogP contribution in [-0.4, -0.2) is 52.8 Å². The Hall–Kier alpha value is -1.83. The number of rotatable bonds is 7. The largest absolute Gasteiger partial charge is 0.394 e. The maximum Gasteiger partial charge on any atom is 0.145 e.